The fourth-order valence-electron chi connectivity index (χ4n) is 5.02. The topological polar surface area (TPSA) is 61.4 Å². The van der Waals surface area contributed by atoms with Gasteiger partial charge < -0.3 is 0 Å². The van der Waals surface area contributed by atoms with Gasteiger partial charge in [-0.05, 0) is 37.8 Å². The molecule has 10 heteroatoms. The van der Waals surface area contributed by atoms with Gasteiger partial charge in [-0.2, -0.15) is 10.2 Å². The summed E-state index contributed by atoms with van der Waals surface area (Å²) >= 11 is 0. The number of nitrogens with zero attached hydrogens (tertiary/aromatic N) is 6. The van der Waals surface area contributed by atoms with Crippen LogP contribution in [0.5, 0.6) is 0 Å². The Morgan fingerprint density at radius 3 is 1.35 bits per heavy atom. The highest BCUT2D eigenvalue weighted by atomic mass is 19.2. The lowest BCUT2D eigenvalue weighted by Crippen LogP contribution is -2.17. The highest BCUT2D eigenvalue weighted by molar-refractivity contribution is 5.25. The van der Waals surface area contributed by atoms with E-state index in [0.29, 0.717) is 12.8 Å². The second kappa shape index (κ2) is 10.8. The van der Waals surface area contributed by atoms with Crippen LogP contribution in [-0.2, 0) is 11.3 Å². The van der Waals surface area contributed by atoms with E-state index in [1.54, 1.807) is 23.2 Å². The first kappa shape index (κ1) is 28.0. The normalized spacial score (nSPS) is 24.4. The summed E-state index contributed by atoms with van der Waals surface area (Å²) in [6.07, 6.45) is -1.21. The predicted molar refractivity (Wildman–Crippen MR) is 144 cm³/mol. The maximum atomic E-state index is 14.3. The molecule has 6 atom stereocenters. The molecule has 4 heterocycles. The minimum Gasteiger partial charge on any atom is -0.239 e. The van der Waals surface area contributed by atoms with E-state index < -0.39 is 23.7 Å². The summed E-state index contributed by atoms with van der Waals surface area (Å²) in [6, 6.07) is 18.8. The molecular weight excluding hydrogens is 520 g/mol. The Morgan fingerprint density at radius 1 is 0.675 bits per heavy atom. The van der Waals surface area contributed by atoms with Gasteiger partial charge in [0.15, 0.2) is 47.0 Å². The zero-order valence-corrected chi connectivity index (χ0v) is 23.1. The van der Waals surface area contributed by atoms with Crippen molar-refractivity contribution < 1.29 is 17.6 Å². The molecule has 212 valence electrons. The monoisotopic (exact) mass is 554 g/mol. The van der Waals surface area contributed by atoms with Crippen LogP contribution in [0.15, 0.2) is 60.7 Å². The van der Waals surface area contributed by atoms with Crippen molar-refractivity contribution in [2.45, 2.75) is 89.1 Å². The van der Waals surface area contributed by atoms with Crippen LogP contribution in [0.2, 0.25) is 0 Å². The molecule has 0 radical (unpaired) electrons. The van der Waals surface area contributed by atoms with E-state index in [4.69, 9.17) is 0 Å². The van der Waals surface area contributed by atoms with E-state index in [0.717, 1.165) is 11.1 Å². The average Bonchev–Trinajstić information content (AvgIpc) is 3.73. The molecule has 0 N–H and O–H groups in total. The van der Waals surface area contributed by atoms with Crippen molar-refractivity contribution in [2.24, 2.45) is 0 Å². The van der Waals surface area contributed by atoms with Crippen LogP contribution in [0.1, 0.15) is 112 Å². The maximum absolute atomic E-state index is 14.3. The lowest BCUT2D eigenvalue weighted by Gasteiger charge is -2.15. The standard InChI is InChI=1S/2C15H17F2N3/c2*1-3-15(2,17)14-18-13-11(16)9-12(20(13)19-14)10-7-5-4-6-8-10/h2*4-8,11-12H,3,9H2,1-2H3/t11-,12-,15+;11-,12-,15-/m00/s1. The number of hydrogen-bond acceptors (Lipinski definition) is 4. The van der Waals surface area contributed by atoms with Crippen molar-refractivity contribution in [2.75, 3.05) is 0 Å². The molecule has 2 aliphatic heterocycles. The number of aromatic nitrogens is 6. The second-order valence-corrected chi connectivity index (χ2v) is 10.8. The minimum atomic E-state index is -1.61. The van der Waals surface area contributed by atoms with Gasteiger partial charge in [0.25, 0.3) is 0 Å². The van der Waals surface area contributed by atoms with Crippen molar-refractivity contribution in [1.29, 1.82) is 0 Å². The van der Waals surface area contributed by atoms with Gasteiger partial charge in [0.1, 0.15) is 0 Å². The molecule has 0 saturated carbocycles. The van der Waals surface area contributed by atoms with Crippen LogP contribution >= 0.6 is 0 Å². The van der Waals surface area contributed by atoms with Crippen molar-refractivity contribution in [3.63, 3.8) is 0 Å². The van der Waals surface area contributed by atoms with Crippen molar-refractivity contribution in [1.82, 2.24) is 29.5 Å². The summed E-state index contributed by atoms with van der Waals surface area (Å²) < 4.78 is 59.9. The molecule has 0 aliphatic carbocycles. The minimum absolute atomic E-state index is 0.0817. The summed E-state index contributed by atoms with van der Waals surface area (Å²) in [5, 5.41) is 8.46. The summed E-state index contributed by atoms with van der Waals surface area (Å²) in [6.45, 7) is 6.33. The summed E-state index contributed by atoms with van der Waals surface area (Å²) in [7, 11) is 0. The van der Waals surface area contributed by atoms with Gasteiger partial charge in [0.2, 0.25) is 0 Å². The first-order valence-electron chi connectivity index (χ1n) is 13.8. The van der Waals surface area contributed by atoms with E-state index >= 15 is 0 Å². The molecule has 2 aromatic carbocycles. The Labute approximate surface area is 231 Å². The van der Waals surface area contributed by atoms with Crippen LogP contribution in [0.4, 0.5) is 17.6 Å². The third kappa shape index (κ3) is 5.15. The number of halogens is 4. The Morgan fingerprint density at radius 2 is 1.02 bits per heavy atom. The fraction of sp³-hybridized carbons (Fsp3) is 0.467. The molecule has 0 spiro atoms. The number of hydrogen-bond donors (Lipinski definition) is 0. The number of rotatable bonds is 6. The van der Waals surface area contributed by atoms with Crippen LogP contribution in [-0.4, -0.2) is 29.5 Å². The van der Waals surface area contributed by atoms with Crippen LogP contribution in [0, 0.1) is 0 Å². The zero-order valence-electron chi connectivity index (χ0n) is 23.1. The van der Waals surface area contributed by atoms with Gasteiger partial charge in [-0.3, -0.25) is 0 Å². The Bertz CT molecular complexity index is 1320. The first-order valence-corrected chi connectivity index (χ1v) is 13.8. The second-order valence-electron chi connectivity index (χ2n) is 10.8. The molecule has 0 saturated heterocycles. The van der Waals surface area contributed by atoms with Crippen molar-refractivity contribution in [3.8, 4) is 0 Å². The van der Waals surface area contributed by atoms with E-state index in [9.17, 15) is 17.6 Å². The van der Waals surface area contributed by atoms with Crippen LogP contribution in [0.25, 0.3) is 0 Å². The maximum Gasteiger partial charge on any atom is 0.188 e. The van der Waals surface area contributed by atoms with Gasteiger partial charge in [0, 0.05) is 12.8 Å². The largest absolute Gasteiger partial charge is 0.239 e. The predicted octanol–water partition coefficient (Wildman–Crippen LogP) is 7.75. The Hall–Kier alpha value is -3.56. The molecule has 0 unspecified atom stereocenters. The Balaban J connectivity index is 0.000000161. The van der Waals surface area contributed by atoms with Crippen molar-refractivity contribution in [3.05, 3.63) is 95.1 Å². The molecular formula is C30H34F4N6. The number of alkyl halides is 4. The SMILES string of the molecule is CC[C@@](C)(F)c1nc2n(n1)[C@H](c1ccccc1)C[C@@H]2F.CC[C@](C)(F)c1nc2n(n1)[C@H](c1ccccc1)C[C@@H]2F. The summed E-state index contributed by atoms with van der Waals surface area (Å²) in [5.41, 5.74) is -1.28. The van der Waals surface area contributed by atoms with Crippen molar-refractivity contribution >= 4 is 0 Å². The average molecular weight is 555 g/mol. The molecule has 2 aliphatic rings. The number of benzene rings is 2. The molecule has 6 rings (SSSR count). The first-order chi connectivity index (χ1) is 19.1. The fourth-order valence-corrected chi connectivity index (χ4v) is 5.02. The van der Waals surface area contributed by atoms with E-state index in [1.807, 2.05) is 60.7 Å². The summed E-state index contributed by atoms with van der Waals surface area (Å²) in [4.78, 5) is 8.18. The highest BCUT2D eigenvalue weighted by Gasteiger charge is 2.40. The lowest BCUT2D eigenvalue weighted by atomic mass is 10.0. The molecule has 0 amide bonds. The van der Waals surface area contributed by atoms with Crippen LogP contribution in [0.3, 0.4) is 0 Å². The zero-order chi connectivity index (χ0) is 28.7. The third-order valence-corrected chi connectivity index (χ3v) is 7.96. The molecule has 40 heavy (non-hydrogen) atoms. The van der Waals surface area contributed by atoms with E-state index in [-0.39, 0.29) is 48.2 Å². The van der Waals surface area contributed by atoms with Gasteiger partial charge in [-0.15, -0.1) is 0 Å². The Kier molecular flexibility index (Phi) is 7.54. The lowest BCUT2D eigenvalue weighted by molar-refractivity contribution is 0.169. The molecule has 2 aromatic heterocycles. The molecule has 6 nitrogen and oxygen atoms in total. The smallest absolute Gasteiger partial charge is 0.188 e. The van der Waals surface area contributed by atoms with E-state index in [2.05, 4.69) is 20.2 Å². The highest BCUT2D eigenvalue weighted by Crippen LogP contribution is 2.42. The van der Waals surface area contributed by atoms with Gasteiger partial charge in [0.05, 0.1) is 12.1 Å². The quantitative estimate of drug-likeness (QED) is 0.229. The number of fused-ring (bicyclic) bond motifs is 2. The van der Waals surface area contributed by atoms with Gasteiger partial charge in [-0.1, -0.05) is 74.5 Å². The van der Waals surface area contributed by atoms with Gasteiger partial charge >= 0.3 is 0 Å². The van der Waals surface area contributed by atoms with Gasteiger partial charge in [-0.25, -0.2) is 36.9 Å². The molecule has 0 fully saturated rings. The van der Waals surface area contributed by atoms with Crippen LogP contribution < -0.4 is 0 Å². The van der Waals surface area contributed by atoms with E-state index in [1.165, 1.54) is 13.8 Å². The molecule has 0 bridgehead atoms. The summed E-state index contributed by atoms with van der Waals surface area (Å²) in [5.74, 6) is 0.647. The molecule has 4 aromatic rings. The third-order valence-electron chi connectivity index (χ3n) is 7.96.